The van der Waals surface area contributed by atoms with E-state index in [2.05, 4.69) is 25.1 Å². The maximum atomic E-state index is 15.5. The number of benzene rings is 2. The number of carboxylic acids is 1. The molecule has 262 valence electrons. The standard InChI is InChI=1S/C28H30F2N6O3.C5H8O5/c1-3-16-10-24(37)19(29)11-18(16)17-8-20(30)26-22(9-17)33-34-27(26)28-31-21-4-5-36(13-23(21)32-28)25(38)14-35-6-7-39-15(2)12-35;1-2(6)3(7)4(8)5(9)10/h8-11,15,37H,3-7,12-14H2,1-2H3,(H,31,32)(H,33,34);3-4,7-8H,1H3,(H,9,10)/t15-;3-,4+/m00/s1. The molecule has 4 heterocycles. The van der Waals surface area contributed by atoms with Gasteiger partial charge in [0.1, 0.15) is 17.6 Å². The maximum Gasteiger partial charge on any atom is 0.335 e. The Morgan fingerprint density at radius 3 is 2.51 bits per heavy atom. The van der Waals surface area contributed by atoms with Crippen molar-refractivity contribution in [2.45, 2.75) is 58.5 Å². The summed E-state index contributed by atoms with van der Waals surface area (Å²) in [6.07, 6.45) is -2.58. The Balaban J connectivity index is 0.000000409. The summed E-state index contributed by atoms with van der Waals surface area (Å²) in [5, 5.41) is 42.4. The number of aromatic amines is 2. The third-order valence-corrected chi connectivity index (χ3v) is 8.54. The molecule has 6 N–H and O–H groups in total. The molecule has 3 atom stereocenters. The molecule has 0 radical (unpaired) electrons. The number of aliphatic hydroxyl groups is 2. The highest BCUT2D eigenvalue weighted by molar-refractivity contribution is 5.95. The zero-order valence-corrected chi connectivity index (χ0v) is 27.2. The normalized spacial score (nSPS) is 17.6. The van der Waals surface area contributed by atoms with Gasteiger partial charge in [0.25, 0.3) is 0 Å². The van der Waals surface area contributed by atoms with Crippen LogP contribution < -0.4 is 0 Å². The number of H-pyrrole nitrogens is 2. The molecule has 49 heavy (non-hydrogen) atoms. The number of aromatic hydroxyl groups is 1. The Hall–Kier alpha value is -4.77. The number of carboxylic acid groups (broad SMARTS) is 1. The predicted octanol–water partition coefficient (Wildman–Crippen LogP) is 2.15. The maximum absolute atomic E-state index is 15.5. The number of imidazole rings is 1. The number of aliphatic carboxylic acids is 1. The van der Waals surface area contributed by atoms with E-state index in [0.29, 0.717) is 72.8 Å². The molecular formula is C33H38F2N6O8. The highest BCUT2D eigenvalue weighted by Gasteiger charge is 2.29. The lowest BCUT2D eigenvalue weighted by Gasteiger charge is -2.33. The molecule has 0 unspecified atom stereocenters. The first-order valence-corrected chi connectivity index (χ1v) is 15.8. The van der Waals surface area contributed by atoms with Crippen molar-refractivity contribution in [3.05, 3.63) is 52.9 Å². The Bertz CT molecular complexity index is 1860. The minimum atomic E-state index is -2.02. The number of rotatable bonds is 8. The number of fused-ring (bicyclic) bond motifs is 2. The number of aromatic nitrogens is 4. The zero-order valence-electron chi connectivity index (χ0n) is 27.2. The summed E-state index contributed by atoms with van der Waals surface area (Å²) in [4.78, 5) is 45.0. The van der Waals surface area contributed by atoms with Gasteiger partial charge in [-0.15, -0.1) is 0 Å². The van der Waals surface area contributed by atoms with Gasteiger partial charge in [-0.05, 0) is 61.2 Å². The number of nitrogens with one attached hydrogen (secondary N) is 2. The monoisotopic (exact) mass is 684 g/mol. The third-order valence-electron chi connectivity index (χ3n) is 8.54. The topological polar surface area (TPSA) is 205 Å². The smallest absolute Gasteiger partial charge is 0.335 e. The van der Waals surface area contributed by atoms with E-state index >= 15 is 4.39 Å². The molecule has 6 rings (SSSR count). The van der Waals surface area contributed by atoms with Crippen LogP contribution in [0.1, 0.15) is 37.7 Å². The second-order valence-corrected chi connectivity index (χ2v) is 12.1. The van der Waals surface area contributed by atoms with Gasteiger partial charge in [0, 0.05) is 26.1 Å². The highest BCUT2D eigenvalue weighted by Crippen LogP contribution is 2.35. The Morgan fingerprint density at radius 1 is 1.10 bits per heavy atom. The average molecular weight is 685 g/mol. The van der Waals surface area contributed by atoms with Crippen molar-refractivity contribution < 1.29 is 48.3 Å². The van der Waals surface area contributed by atoms with Gasteiger partial charge in [0.15, 0.2) is 29.3 Å². The van der Waals surface area contributed by atoms with Crippen LogP contribution in [0.15, 0.2) is 24.3 Å². The van der Waals surface area contributed by atoms with Crippen LogP contribution in [0.2, 0.25) is 0 Å². The quantitative estimate of drug-likeness (QED) is 0.159. The van der Waals surface area contributed by atoms with E-state index in [1.54, 1.807) is 6.07 Å². The first kappa shape index (κ1) is 35.5. The lowest BCUT2D eigenvalue weighted by molar-refractivity contribution is -0.156. The molecule has 2 aromatic heterocycles. The minimum absolute atomic E-state index is 0.0619. The summed E-state index contributed by atoms with van der Waals surface area (Å²) < 4.78 is 35.2. The fraction of sp³-hybridized carbons (Fsp3) is 0.424. The number of phenols is 1. The van der Waals surface area contributed by atoms with Gasteiger partial charge in [0.2, 0.25) is 5.91 Å². The number of nitrogens with zero attached hydrogens (tertiary/aromatic N) is 4. The number of ketones is 1. The molecule has 2 aromatic carbocycles. The SMILES string of the molecule is CC(=O)[C@H](O)[C@@H](O)C(=O)O.CCc1cc(O)c(F)cc1-c1cc(F)c2c(-c3nc4c([nH]3)CN(C(=O)CN3CCO[C@@H](C)C3)CC4)n[nH]c2c1. The molecule has 0 spiro atoms. The van der Waals surface area contributed by atoms with Gasteiger partial charge in [-0.3, -0.25) is 19.6 Å². The number of carbonyl (C=O) groups is 3. The lowest BCUT2D eigenvalue weighted by atomic mass is 9.96. The summed E-state index contributed by atoms with van der Waals surface area (Å²) >= 11 is 0. The molecule has 14 nitrogen and oxygen atoms in total. The van der Waals surface area contributed by atoms with E-state index in [1.807, 2.05) is 18.7 Å². The average Bonchev–Trinajstić information content (AvgIpc) is 3.69. The first-order valence-electron chi connectivity index (χ1n) is 15.8. The molecular weight excluding hydrogens is 646 g/mol. The van der Waals surface area contributed by atoms with E-state index in [4.69, 9.17) is 20.1 Å². The van der Waals surface area contributed by atoms with Gasteiger partial charge in [-0.1, -0.05) is 6.92 Å². The molecule has 0 aliphatic carbocycles. The van der Waals surface area contributed by atoms with Gasteiger partial charge in [-0.25, -0.2) is 18.6 Å². The lowest BCUT2D eigenvalue weighted by Crippen LogP contribution is -2.48. The number of ether oxygens (including phenoxy) is 1. The van der Waals surface area contributed by atoms with Crippen molar-refractivity contribution in [3.8, 4) is 28.4 Å². The second kappa shape index (κ2) is 14.8. The van der Waals surface area contributed by atoms with Crippen LogP contribution >= 0.6 is 0 Å². The fourth-order valence-corrected chi connectivity index (χ4v) is 5.90. The van der Waals surface area contributed by atoms with Crippen molar-refractivity contribution in [1.29, 1.82) is 0 Å². The predicted molar refractivity (Wildman–Crippen MR) is 171 cm³/mol. The number of morpholine rings is 1. The number of amides is 1. The van der Waals surface area contributed by atoms with Gasteiger partial charge in [-0.2, -0.15) is 5.10 Å². The number of aliphatic hydroxyl groups excluding tert-OH is 2. The van der Waals surface area contributed by atoms with Gasteiger partial charge < -0.3 is 35.0 Å². The van der Waals surface area contributed by atoms with Crippen molar-refractivity contribution in [3.63, 3.8) is 0 Å². The first-order chi connectivity index (χ1) is 23.3. The van der Waals surface area contributed by atoms with E-state index < -0.39 is 41.3 Å². The van der Waals surface area contributed by atoms with Crippen molar-refractivity contribution in [2.75, 3.05) is 32.8 Å². The van der Waals surface area contributed by atoms with Crippen LogP contribution in [0.25, 0.3) is 33.5 Å². The number of aryl methyl sites for hydroxylation is 1. The summed E-state index contributed by atoms with van der Waals surface area (Å²) in [5.74, 6) is -3.60. The molecule has 0 bridgehead atoms. The van der Waals surface area contributed by atoms with Crippen LogP contribution in [0.4, 0.5) is 8.78 Å². The Kier molecular flexibility index (Phi) is 10.7. The fourth-order valence-electron chi connectivity index (χ4n) is 5.90. The Morgan fingerprint density at radius 2 is 1.86 bits per heavy atom. The molecule has 1 amide bonds. The molecule has 0 saturated carbocycles. The minimum Gasteiger partial charge on any atom is -0.505 e. The van der Waals surface area contributed by atoms with Crippen molar-refractivity contribution in [1.82, 2.24) is 30.0 Å². The summed E-state index contributed by atoms with van der Waals surface area (Å²) in [6.45, 7) is 8.32. The van der Waals surface area contributed by atoms with Gasteiger partial charge in [0.05, 0.1) is 48.1 Å². The molecule has 1 saturated heterocycles. The van der Waals surface area contributed by atoms with Crippen LogP contribution in [-0.4, -0.2) is 119 Å². The number of hydrogen-bond acceptors (Lipinski definition) is 10. The van der Waals surface area contributed by atoms with Crippen LogP contribution in [0.3, 0.4) is 0 Å². The molecule has 2 aliphatic rings. The van der Waals surface area contributed by atoms with Crippen LogP contribution in [-0.2, 0) is 38.5 Å². The summed E-state index contributed by atoms with van der Waals surface area (Å²) in [6, 6.07) is 5.66. The molecule has 1 fully saturated rings. The molecule has 16 heteroatoms. The van der Waals surface area contributed by atoms with E-state index in [-0.39, 0.29) is 17.4 Å². The number of hydrogen-bond donors (Lipinski definition) is 6. The number of phenolic OH excluding ortho intramolecular Hbond substituents is 1. The largest absolute Gasteiger partial charge is 0.505 e. The molecule has 4 aromatic rings. The highest BCUT2D eigenvalue weighted by atomic mass is 19.1. The van der Waals surface area contributed by atoms with Crippen molar-refractivity contribution in [2.24, 2.45) is 0 Å². The summed E-state index contributed by atoms with van der Waals surface area (Å²) in [5.41, 5.74) is 4.14. The van der Waals surface area contributed by atoms with E-state index in [1.165, 1.54) is 18.2 Å². The second-order valence-electron chi connectivity index (χ2n) is 12.1. The van der Waals surface area contributed by atoms with E-state index in [9.17, 15) is 23.9 Å². The van der Waals surface area contributed by atoms with Crippen molar-refractivity contribution >= 4 is 28.6 Å². The number of carbonyl (C=O) groups excluding carboxylic acids is 2. The van der Waals surface area contributed by atoms with Crippen LogP contribution in [0.5, 0.6) is 5.75 Å². The van der Waals surface area contributed by atoms with E-state index in [0.717, 1.165) is 31.4 Å². The zero-order chi connectivity index (χ0) is 35.6. The van der Waals surface area contributed by atoms with Gasteiger partial charge >= 0.3 is 5.97 Å². The summed E-state index contributed by atoms with van der Waals surface area (Å²) in [7, 11) is 0. The third kappa shape index (κ3) is 7.77. The number of halogens is 2. The number of Topliss-reactive ketones (excluding diaryl/α,β-unsaturated/α-hetero) is 1. The Labute approximate surface area is 279 Å². The molecule has 2 aliphatic heterocycles. The van der Waals surface area contributed by atoms with Crippen LogP contribution in [0, 0.1) is 11.6 Å².